The third kappa shape index (κ3) is 5.39. The Kier molecular flexibility index (Phi) is 6.65. The molecule has 0 aromatic heterocycles. The first kappa shape index (κ1) is 18.6. The van der Waals surface area contributed by atoms with Crippen molar-refractivity contribution in [2.24, 2.45) is 5.73 Å². The Morgan fingerprint density at radius 3 is 2.64 bits per heavy atom. The van der Waals surface area contributed by atoms with Gasteiger partial charge >= 0.3 is 0 Å². The highest BCUT2D eigenvalue weighted by Gasteiger charge is 2.12. The lowest BCUT2D eigenvalue weighted by Gasteiger charge is -2.11. The molecule has 0 unspecified atom stereocenters. The molecule has 0 aliphatic rings. The maximum absolute atomic E-state index is 11.9. The Bertz CT molecular complexity index is 764. The molecule has 132 valence electrons. The molecule has 0 aliphatic carbocycles. The van der Waals surface area contributed by atoms with Crippen molar-refractivity contribution in [1.82, 2.24) is 5.32 Å². The molecule has 0 bridgehead atoms. The van der Waals surface area contributed by atoms with Crippen LogP contribution in [0, 0.1) is 0 Å². The van der Waals surface area contributed by atoms with E-state index in [1.54, 1.807) is 13.2 Å². The van der Waals surface area contributed by atoms with Gasteiger partial charge in [0.05, 0.1) is 12.7 Å². The minimum Gasteiger partial charge on any atom is -0.496 e. The summed E-state index contributed by atoms with van der Waals surface area (Å²) in [6.45, 7) is 0.208. The molecule has 6 nitrogen and oxygen atoms in total. The van der Waals surface area contributed by atoms with Crippen molar-refractivity contribution >= 4 is 23.4 Å². The van der Waals surface area contributed by atoms with Crippen molar-refractivity contribution < 1.29 is 19.1 Å². The van der Waals surface area contributed by atoms with E-state index in [1.165, 1.54) is 12.1 Å². The summed E-state index contributed by atoms with van der Waals surface area (Å²) in [7, 11) is 1.60. The van der Waals surface area contributed by atoms with Crippen LogP contribution in [0.25, 0.3) is 0 Å². The number of benzene rings is 2. The van der Waals surface area contributed by atoms with E-state index in [0.717, 1.165) is 11.3 Å². The van der Waals surface area contributed by atoms with Crippen molar-refractivity contribution in [2.45, 2.75) is 6.42 Å². The number of para-hydroxylation sites is 1. The van der Waals surface area contributed by atoms with Crippen LogP contribution in [0.15, 0.2) is 42.5 Å². The third-order valence-corrected chi connectivity index (χ3v) is 3.71. The van der Waals surface area contributed by atoms with E-state index in [2.05, 4.69) is 5.32 Å². The van der Waals surface area contributed by atoms with Crippen LogP contribution in [-0.4, -0.2) is 32.1 Å². The maximum Gasteiger partial charge on any atom is 0.257 e. The molecule has 3 N–H and O–H groups in total. The molecule has 0 fully saturated rings. The van der Waals surface area contributed by atoms with E-state index < -0.39 is 5.91 Å². The van der Waals surface area contributed by atoms with Gasteiger partial charge in [0.25, 0.3) is 11.8 Å². The summed E-state index contributed by atoms with van der Waals surface area (Å²) in [5.41, 5.74) is 6.41. The van der Waals surface area contributed by atoms with Gasteiger partial charge in [-0.3, -0.25) is 9.59 Å². The fourth-order valence-electron chi connectivity index (χ4n) is 2.26. The van der Waals surface area contributed by atoms with E-state index in [1.807, 2.05) is 24.3 Å². The van der Waals surface area contributed by atoms with Crippen LogP contribution in [0.3, 0.4) is 0 Å². The molecule has 2 rings (SSSR count). The van der Waals surface area contributed by atoms with Gasteiger partial charge in [0.1, 0.15) is 11.5 Å². The lowest BCUT2D eigenvalue weighted by atomic mass is 10.1. The molecule has 0 saturated heterocycles. The predicted octanol–water partition coefficient (Wildman–Crippen LogP) is 2.19. The molecule has 0 heterocycles. The fraction of sp³-hybridized carbons (Fsp3) is 0.222. The molecular weight excluding hydrogens is 344 g/mol. The van der Waals surface area contributed by atoms with Crippen LogP contribution in [0.2, 0.25) is 5.02 Å². The number of ether oxygens (including phenoxy) is 2. The van der Waals surface area contributed by atoms with E-state index in [4.69, 9.17) is 26.8 Å². The smallest absolute Gasteiger partial charge is 0.257 e. The summed E-state index contributed by atoms with van der Waals surface area (Å²) in [5, 5.41) is 3.11. The summed E-state index contributed by atoms with van der Waals surface area (Å²) in [6.07, 6.45) is 0.628. The number of hydrogen-bond donors (Lipinski definition) is 2. The number of nitrogens with one attached hydrogen (secondary N) is 1. The number of methoxy groups -OCH3 is 1. The van der Waals surface area contributed by atoms with Crippen molar-refractivity contribution in [3.8, 4) is 11.5 Å². The van der Waals surface area contributed by atoms with Gasteiger partial charge in [0.15, 0.2) is 6.61 Å². The van der Waals surface area contributed by atoms with Crippen molar-refractivity contribution in [2.75, 3.05) is 20.3 Å². The van der Waals surface area contributed by atoms with Crippen LogP contribution in [0.1, 0.15) is 15.9 Å². The Morgan fingerprint density at radius 1 is 1.16 bits per heavy atom. The van der Waals surface area contributed by atoms with Gasteiger partial charge in [-0.1, -0.05) is 29.8 Å². The number of hydrogen-bond acceptors (Lipinski definition) is 4. The SMILES string of the molecule is COc1ccccc1CCNC(=O)COc1ccc(Cl)cc1C(N)=O. The van der Waals surface area contributed by atoms with Gasteiger partial charge in [0, 0.05) is 11.6 Å². The second kappa shape index (κ2) is 8.94. The third-order valence-electron chi connectivity index (χ3n) is 3.47. The molecule has 0 spiro atoms. The van der Waals surface area contributed by atoms with Gasteiger partial charge in [-0.15, -0.1) is 0 Å². The van der Waals surface area contributed by atoms with E-state index in [9.17, 15) is 9.59 Å². The van der Waals surface area contributed by atoms with Gasteiger partial charge in [-0.2, -0.15) is 0 Å². The molecule has 0 atom stereocenters. The molecule has 2 aromatic carbocycles. The van der Waals surface area contributed by atoms with Gasteiger partial charge in [-0.05, 0) is 36.2 Å². The Morgan fingerprint density at radius 2 is 1.92 bits per heavy atom. The summed E-state index contributed by atoms with van der Waals surface area (Å²) in [5.74, 6) is 0.0198. The fourth-order valence-corrected chi connectivity index (χ4v) is 2.43. The van der Waals surface area contributed by atoms with Crippen LogP contribution >= 0.6 is 11.6 Å². The minimum atomic E-state index is -0.672. The largest absolute Gasteiger partial charge is 0.496 e. The topological polar surface area (TPSA) is 90.7 Å². The minimum absolute atomic E-state index is 0.134. The number of halogens is 1. The molecular formula is C18H19ClN2O4. The molecule has 7 heteroatoms. The zero-order chi connectivity index (χ0) is 18.2. The number of rotatable bonds is 8. The summed E-state index contributed by atoms with van der Waals surface area (Å²) < 4.78 is 10.6. The second-order valence-electron chi connectivity index (χ2n) is 5.21. The summed E-state index contributed by atoms with van der Waals surface area (Å²) in [6, 6.07) is 12.1. The number of amides is 2. The summed E-state index contributed by atoms with van der Waals surface area (Å²) in [4.78, 5) is 23.3. The average molecular weight is 363 g/mol. The van der Waals surface area contributed by atoms with Crippen LogP contribution in [0.4, 0.5) is 0 Å². The molecule has 0 radical (unpaired) electrons. The van der Waals surface area contributed by atoms with Gasteiger partial charge in [0.2, 0.25) is 0 Å². The number of carbonyl (C=O) groups excluding carboxylic acids is 2. The van der Waals surface area contributed by atoms with E-state index in [-0.39, 0.29) is 23.8 Å². The highest BCUT2D eigenvalue weighted by Crippen LogP contribution is 2.22. The first-order valence-electron chi connectivity index (χ1n) is 7.62. The lowest BCUT2D eigenvalue weighted by molar-refractivity contribution is -0.123. The predicted molar refractivity (Wildman–Crippen MR) is 95.2 cm³/mol. The van der Waals surface area contributed by atoms with E-state index in [0.29, 0.717) is 18.0 Å². The molecule has 0 saturated carbocycles. The first-order valence-corrected chi connectivity index (χ1v) is 8.00. The lowest BCUT2D eigenvalue weighted by Crippen LogP contribution is -2.31. The molecule has 2 aromatic rings. The second-order valence-corrected chi connectivity index (χ2v) is 5.64. The Labute approximate surface area is 150 Å². The van der Waals surface area contributed by atoms with Gasteiger partial charge < -0.3 is 20.5 Å². The highest BCUT2D eigenvalue weighted by atomic mass is 35.5. The van der Waals surface area contributed by atoms with Crippen LogP contribution < -0.4 is 20.5 Å². The number of nitrogens with two attached hydrogens (primary N) is 1. The molecule has 25 heavy (non-hydrogen) atoms. The maximum atomic E-state index is 11.9. The van der Waals surface area contributed by atoms with E-state index >= 15 is 0 Å². The number of carbonyl (C=O) groups is 2. The Hall–Kier alpha value is -2.73. The molecule has 0 aliphatic heterocycles. The normalized spacial score (nSPS) is 10.2. The zero-order valence-corrected chi connectivity index (χ0v) is 14.5. The van der Waals surface area contributed by atoms with Crippen molar-refractivity contribution in [3.63, 3.8) is 0 Å². The first-order chi connectivity index (χ1) is 12.0. The zero-order valence-electron chi connectivity index (χ0n) is 13.8. The molecule has 2 amide bonds. The standard InChI is InChI=1S/C18H19ClN2O4/c1-24-15-5-3-2-4-12(15)8-9-21-17(22)11-25-16-7-6-13(19)10-14(16)18(20)23/h2-7,10H,8-9,11H2,1H3,(H2,20,23)(H,21,22). The highest BCUT2D eigenvalue weighted by molar-refractivity contribution is 6.31. The number of primary amides is 1. The monoisotopic (exact) mass is 362 g/mol. The van der Waals surface area contributed by atoms with Crippen LogP contribution in [-0.2, 0) is 11.2 Å². The van der Waals surface area contributed by atoms with Crippen molar-refractivity contribution in [1.29, 1.82) is 0 Å². The summed E-state index contributed by atoms with van der Waals surface area (Å²) >= 11 is 5.82. The average Bonchev–Trinajstić information content (AvgIpc) is 2.61. The van der Waals surface area contributed by atoms with Gasteiger partial charge in [-0.25, -0.2) is 0 Å². The quantitative estimate of drug-likeness (QED) is 0.753. The van der Waals surface area contributed by atoms with Crippen molar-refractivity contribution in [3.05, 3.63) is 58.6 Å². The van der Waals surface area contributed by atoms with Crippen LogP contribution in [0.5, 0.6) is 11.5 Å². The Balaban J connectivity index is 1.84.